The molecule has 1 aromatic carbocycles. The maximum atomic E-state index is 11.9. The Morgan fingerprint density at radius 2 is 2.12 bits per heavy atom. The summed E-state index contributed by atoms with van der Waals surface area (Å²) in [6.45, 7) is 0.832. The number of carbonyl (C=O) groups excluding carboxylic acids is 1. The molecule has 1 aliphatic rings. The van der Waals surface area contributed by atoms with Crippen LogP contribution in [0.2, 0.25) is 0 Å². The van der Waals surface area contributed by atoms with Gasteiger partial charge in [-0.25, -0.2) is 8.42 Å². The summed E-state index contributed by atoms with van der Waals surface area (Å²) in [6, 6.07) is 4.00. The Morgan fingerprint density at radius 1 is 1.41 bits per heavy atom. The van der Waals surface area contributed by atoms with Gasteiger partial charge in [0.15, 0.2) is 0 Å². The molecule has 5 nitrogen and oxygen atoms in total. The summed E-state index contributed by atoms with van der Waals surface area (Å²) in [4.78, 5) is 13.3. The predicted octanol–water partition coefficient (Wildman–Crippen LogP) is 1.08. The van der Waals surface area contributed by atoms with E-state index in [1.807, 2.05) is 0 Å². The maximum absolute atomic E-state index is 11.9. The van der Waals surface area contributed by atoms with E-state index in [2.05, 4.69) is 0 Å². The molecule has 0 atom stereocenters. The molecule has 1 heterocycles. The number of fused-ring (bicyclic) bond motifs is 1. The number of ether oxygens (including phenoxy) is 1. The first-order chi connectivity index (χ1) is 7.89. The Morgan fingerprint density at radius 3 is 2.76 bits per heavy atom. The molecule has 0 saturated carbocycles. The second-order valence-electron chi connectivity index (χ2n) is 3.67. The molecule has 0 radical (unpaired) electrons. The summed E-state index contributed by atoms with van der Waals surface area (Å²) in [5.41, 5.74) is 0.215. The van der Waals surface area contributed by atoms with Crippen LogP contribution in [-0.2, 0) is 9.05 Å². The van der Waals surface area contributed by atoms with Gasteiger partial charge in [-0.05, 0) is 18.2 Å². The van der Waals surface area contributed by atoms with Crippen LogP contribution in [0.1, 0.15) is 10.4 Å². The molecule has 0 spiro atoms. The highest BCUT2D eigenvalue weighted by atomic mass is 35.7. The van der Waals surface area contributed by atoms with Gasteiger partial charge >= 0.3 is 0 Å². The average Bonchev–Trinajstić information content (AvgIpc) is 2.39. The van der Waals surface area contributed by atoms with Crippen LogP contribution < -0.4 is 4.74 Å². The topological polar surface area (TPSA) is 63.7 Å². The molecule has 0 unspecified atom stereocenters. The van der Waals surface area contributed by atoms with Crippen molar-refractivity contribution in [1.82, 2.24) is 4.90 Å². The predicted molar refractivity (Wildman–Crippen MR) is 61.9 cm³/mol. The highest BCUT2D eigenvalue weighted by Gasteiger charge is 2.23. The molecule has 92 valence electrons. The zero-order chi connectivity index (χ0) is 12.6. The van der Waals surface area contributed by atoms with Crippen LogP contribution in [0.4, 0.5) is 0 Å². The molecule has 7 heteroatoms. The smallest absolute Gasteiger partial charge is 0.261 e. The SMILES string of the molecule is CN1CCOc2ccc(S(=O)(=O)Cl)cc2C1=O. The molecule has 0 aliphatic carbocycles. The lowest BCUT2D eigenvalue weighted by Gasteiger charge is -2.12. The first kappa shape index (κ1) is 12.2. The molecule has 2 rings (SSSR count). The number of halogens is 1. The van der Waals surface area contributed by atoms with Gasteiger partial charge in [-0.2, -0.15) is 0 Å². The fourth-order valence-corrected chi connectivity index (χ4v) is 2.33. The van der Waals surface area contributed by atoms with Gasteiger partial charge in [0.25, 0.3) is 15.0 Å². The number of rotatable bonds is 1. The summed E-state index contributed by atoms with van der Waals surface area (Å²) in [7, 11) is 3.02. The fourth-order valence-electron chi connectivity index (χ4n) is 1.55. The minimum atomic E-state index is -3.84. The molecule has 0 aromatic heterocycles. The fraction of sp³-hybridized carbons (Fsp3) is 0.300. The van der Waals surface area contributed by atoms with E-state index in [-0.39, 0.29) is 16.4 Å². The van der Waals surface area contributed by atoms with Crippen LogP contribution >= 0.6 is 10.7 Å². The normalized spacial score (nSPS) is 16.1. The zero-order valence-corrected chi connectivity index (χ0v) is 10.6. The molecular weight excluding hydrogens is 266 g/mol. The molecule has 1 aliphatic heterocycles. The summed E-state index contributed by atoms with van der Waals surface area (Å²) >= 11 is 0. The summed E-state index contributed by atoms with van der Waals surface area (Å²) in [5.74, 6) is 0.100. The summed E-state index contributed by atoms with van der Waals surface area (Å²) in [6.07, 6.45) is 0. The van der Waals surface area contributed by atoms with E-state index in [1.165, 1.54) is 23.1 Å². The molecular formula is C10H10ClNO4S. The molecule has 0 bridgehead atoms. The minimum Gasteiger partial charge on any atom is -0.491 e. The van der Waals surface area contributed by atoms with Crippen LogP contribution in [0, 0.1) is 0 Å². The van der Waals surface area contributed by atoms with Crippen molar-refractivity contribution in [3.8, 4) is 5.75 Å². The van der Waals surface area contributed by atoms with E-state index in [0.717, 1.165) is 0 Å². The third kappa shape index (κ3) is 2.37. The highest BCUT2D eigenvalue weighted by molar-refractivity contribution is 8.13. The molecule has 0 fully saturated rings. The number of carbonyl (C=O) groups is 1. The Kier molecular flexibility index (Phi) is 3.01. The number of amides is 1. The summed E-state index contributed by atoms with van der Waals surface area (Å²) < 4.78 is 27.7. The van der Waals surface area contributed by atoms with Gasteiger partial charge in [0.05, 0.1) is 17.0 Å². The Hall–Kier alpha value is -1.27. The van der Waals surface area contributed by atoms with Crippen LogP contribution in [0.3, 0.4) is 0 Å². The number of likely N-dealkylation sites (N-methyl/N-ethyl adjacent to an activating group) is 1. The van der Waals surface area contributed by atoms with E-state index < -0.39 is 9.05 Å². The zero-order valence-electron chi connectivity index (χ0n) is 9.01. The van der Waals surface area contributed by atoms with Gasteiger partial charge < -0.3 is 9.64 Å². The largest absolute Gasteiger partial charge is 0.491 e. The first-order valence-corrected chi connectivity index (χ1v) is 7.17. The lowest BCUT2D eigenvalue weighted by atomic mass is 10.2. The van der Waals surface area contributed by atoms with E-state index in [1.54, 1.807) is 7.05 Å². The Balaban J connectivity index is 2.57. The van der Waals surface area contributed by atoms with Crippen molar-refractivity contribution in [2.24, 2.45) is 0 Å². The highest BCUT2D eigenvalue weighted by Crippen LogP contribution is 2.27. The monoisotopic (exact) mass is 275 g/mol. The number of benzene rings is 1. The Labute approximate surface area is 103 Å². The van der Waals surface area contributed by atoms with Gasteiger partial charge in [-0.1, -0.05) is 0 Å². The van der Waals surface area contributed by atoms with Crippen LogP contribution in [0.15, 0.2) is 23.1 Å². The Bertz CT molecular complexity index is 570. The molecule has 1 amide bonds. The third-order valence-corrected chi connectivity index (χ3v) is 3.85. The molecule has 0 N–H and O–H groups in total. The van der Waals surface area contributed by atoms with Crippen molar-refractivity contribution in [3.05, 3.63) is 23.8 Å². The standard InChI is InChI=1S/C10H10ClNO4S/c1-12-4-5-16-9-3-2-7(17(11,14)15)6-8(9)10(12)13/h2-3,6H,4-5H2,1H3. The van der Waals surface area contributed by atoms with E-state index in [0.29, 0.717) is 18.9 Å². The lowest BCUT2D eigenvalue weighted by Crippen LogP contribution is -2.27. The van der Waals surface area contributed by atoms with E-state index >= 15 is 0 Å². The van der Waals surface area contributed by atoms with E-state index in [9.17, 15) is 13.2 Å². The van der Waals surface area contributed by atoms with Crippen LogP contribution in [-0.4, -0.2) is 39.4 Å². The molecule has 0 saturated heterocycles. The second kappa shape index (κ2) is 4.19. The lowest BCUT2D eigenvalue weighted by molar-refractivity contribution is 0.0796. The van der Waals surface area contributed by atoms with Crippen molar-refractivity contribution < 1.29 is 17.9 Å². The summed E-state index contributed by atoms with van der Waals surface area (Å²) in [5, 5.41) is 0. The number of hydrogen-bond donors (Lipinski definition) is 0. The van der Waals surface area contributed by atoms with Gasteiger partial charge in [0.1, 0.15) is 12.4 Å². The number of hydrogen-bond acceptors (Lipinski definition) is 4. The van der Waals surface area contributed by atoms with Crippen molar-refractivity contribution in [2.45, 2.75) is 4.90 Å². The minimum absolute atomic E-state index is 0.106. The van der Waals surface area contributed by atoms with Gasteiger partial charge in [-0.3, -0.25) is 4.79 Å². The quantitative estimate of drug-likeness (QED) is 0.720. The molecule has 17 heavy (non-hydrogen) atoms. The average molecular weight is 276 g/mol. The van der Waals surface area contributed by atoms with Crippen molar-refractivity contribution >= 4 is 25.6 Å². The second-order valence-corrected chi connectivity index (χ2v) is 6.24. The maximum Gasteiger partial charge on any atom is 0.261 e. The van der Waals surface area contributed by atoms with E-state index in [4.69, 9.17) is 15.4 Å². The van der Waals surface area contributed by atoms with Crippen molar-refractivity contribution in [3.63, 3.8) is 0 Å². The molecule has 1 aromatic rings. The van der Waals surface area contributed by atoms with Crippen molar-refractivity contribution in [1.29, 1.82) is 0 Å². The van der Waals surface area contributed by atoms with Gasteiger partial charge in [-0.15, -0.1) is 0 Å². The van der Waals surface area contributed by atoms with Crippen molar-refractivity contribution in [2.75, 3.05) is 20.2 Å². The van der Waals surface area contributed by atoms with Crippen LogP contribution in [0.5, 0.6) is 5.75 Å². The van der Waals surface area contributed by atoms with Gasteiger partial charge in [0, 0.05) is 17.7 Å². The third-order valence-electron chi connectivity index (χ3n) is 2.49. The number of nitrogens with zero attached hydrogens (tertiary/aromatic N) is 1. The van der Waals surface area contributed by atoms with Crippen LogP contribution in [0.25, 0.3) is 0 Å². The first-order valence-electron chi connectivity index (χ1n) is 4.86. The van der Waals surface area contributed by atoms with Gasteiger partial charge in [0.2, 0.25) is 0 Å².